The van der Waals surface area contributed by atoms with Gasteiger partial charge in [0.25, 0.3) is 5.56 Å². The second kappa shape index (κ2) is 7.55. The Morgan fingerprint density at radius 2 is 1.86 bits per heavy atom. The number of H-pyrrole nitrogens is 1. The maximum absolute atomic E-state index is 12.4. The molecule has 0 aliphatic rings. The molecule has 0 atom stereocenters. The lowest BCUT2D eigenvalue weighted by Crippen LogP contribution is -2.22. The molecule has 1 N–H and O–H groups in total. The fraction of sp³-hybridized carbons (Fsp3) is 0.529. The third kappa shape index (κ3) is 4.27. The Morgan fingerprint density at radius 1 is 1.14 bits per heavy atom. The second-order valence-electron chi connectivity index (χ2n) is 6.03. The molecule has 0 saturated heterocycles. The lowest BCUT2D eigenvalue weighted by molar-refractivity contribution is 0.501. The molecule has 2 rings (SSSR count). The molecule has 0 bridgehead atoms. The van der Waals surface area contributed by atoms with E-state index in [4.69, 9.17) is 12.2 Å². The molecule has 0 radical (unpaired) electrons. The number of benzene rings is 1. The molecule has 4 heteroatoms. The van der Waals surface area contributed by atoms with Crippen molar-refractivity contribution in [3.63, 3.8) is 0 Å². The van der Waals surface area contributed by atoms with Crippen LogP contribution in [0.5, 0.6) is 0 Å². The SMILES string of the molecule is CC(C)CCCCCCn1c(=S)[nH]c2ccccc2c1=O. The molecule has 0 fully saturated rings. The minimum atomic E-state index is 0.0246. The predicted octanol–water partition coefficient (Wildman–Crippen LogP) is 4.67. The van der Waals surface area contributed by atoms with E-state index >= 15 is 0 Å². The summed E-state index contributed by atoms with van der Waals surface area (Å²) in [7, 11) is 0. The van der Waals surface area contributed by atoms with Crippen LogP contribution in [0.15, 0.2) is 29.1 Å². The van der Waals surface area contributed by atoms with Gasteiger partial charge in [0.2, 0.25) is 0 Å². The van der Waals surface area contributed by atoms with Gasteiger partial charge >= 0.3 is 0 Å². The third-order valence-corrected chi connectivity index (χ3v) is 4.13. The summed E-state index contributed by atoms with van der Waals surface area (Å²) in [6.45, 7) is 5.22. The van der Waals surface area contributed by atoms with E-state index in [0.29, 0.717) is 16.7 Å². The molecule has 114 valence electrons. The Hall–Kier alpha value is -1.42. The molecular weight excluding hydrogens is 280 g/mol. The number of hydrogen-bond acceptors (Lipinski definition) is 2. The zero-order valence-corrected chi connectivity index (χ0v) is 13.7. The summed E-state index contributed by atoms with van der Waals surface area (Å²) in [6.07, 6.45) is 5.96. The van der Waals surface area contributed by atoms with Gasteiger partial charge in [0.1, 0.15) is 0 Å². The minimum Gasteiger partial charge on any atom is -0.332 e. The number of unbranched alkanes of at least 4 members (excludes halogenated alkanes) is 3. The van der Waals surface area contributed by atoms with Gasteiger partial charge in [-0.05, 0) is 36.7 Å². The molecule has 0 spiro atoms. The Morgan fingerprint density at radius 3 is 2.62 bits per heavy atom. The summed E-state index contributed by atoms with van der Waals surface area (Å²) in [6, 6.07) is 7.54. The van der Waals surface area contributed by atoms with E-state index < -0.39 is 0 Å². The number of aromatic amines is 1. The van der Waals surface area contributed by atoms with Crippen molar-refractivity contribution in [3.05, 3.63) is 39.4 Å². The Kier molecular flexibility index (Phi) is 5.74. The van der Waals surface area contributed by atoms with E-state index in [1.54, 1.807) is 4.57 Å². The van der Waals surface area contributed by atoms with E-state index in [2.05, 4.69) is 18.8 Å². The van der Waals surface area contributed by atoms with Crippen LogP contribution in [0.25, 0.3) is 10.9 Å². The number of nitrogens with zero attached hydrogens (tertiary/aromatic N) is 1. The van der Waals surface area contributed by atoms with Crippen LogP contribution in [-0.4, -0.2) is 9.55 Å². The van der Waals surface area contributed by atoms with Gasteiger partial charge < -0.3 is 4.98 Å². The van der Waals surface area contributed by atoms with Crippen LogP contribution in [0.1, 0.15) is 46.0 Å². The maximum atomic E-state index is 12.4. The highest BCUT2D eigenvalue weighted by molar-refractivity contribution is 7.71. The molecular formula is C17H24N2OS. The monoisotopic (exact) mass is 304 g/mol. The molecule has 2 aromatic rings. The standard InChI is InChI=1S/C17H24N2OS/c1-13(2)9-5-3-4-8-12-19-16(20)14-10-6-7-11-15(14)18-17(19)21/h6-7,10-11,13H,3-5,8-9,12H2,1-2H3,(H,18,21). The highest BCUT2D eigenvalue weighted by atomic mass is 32.1. The van der Waals surface area contributed by atoms with Crippen molar-refractivity contribution in [2.45, 2.75) is 52.5 Å². The summed E-state index contributed by atoms with van der Waals surface area (Å²) in [5.74, 6) is 0.780. The Balaban J connectivity index is 1.99. The first kappa shape index (κ1) is 16.0. The van der Waals surface area contributed by atoms with Gasteiger partial charge in [-0.1, -0.05) is 51.7 Å². The van der Waals surface area contributed by atoms with Crippen molar-refractivity contribution in [1.82, 2.24) is 9.55 Å². The van der Waals surface area contributed by atoms with Crippen molar-refractivity contribution >= 4 is 23.1 Å². The van der Waals surface area contributed by atoms with Crippen molar-refractivity contribution in [2.75, 3.05) is 0 Å². The summed E-state index contributed by atoms with van der Waals surface area (Å²) in [5, 5.41) is 0.714. The number of aromatic nitrogens is 2. The molecule has 1 heterocycles. The smallest absolute Gasteiger partial charge is 0.262 e. The van der Waals surface area contributed by atoms with E-state index in [1.807, 2.05) is 24.3 Å². The molecule has 21 heavy (non-hydrogen) atoms. The van der Waals surface area contributed by atoms with Crippen LogP contribution in [0.2, 0.25) is 0 Å². The Bertz CT molecular complexity index is 700. The molecule has 0 aliphatic heterocycles. The van der Waals surface area contributed by atoms with Crippen molar-refractivity contribution in [1.29, 1.82) is 0 Å². The largest absolute Gasteiger partial charge is 0.332 e. The van der Waals surface area contributed by atoms with Crippen LogP contribution in [0, 0.1) is 10.7 Å². The van der Waals surface area contributed by atoms with E-state index in [-0.39, 0.29) is 5.56 Å². The van der Waals surface area contributed by atoms with Crippen LogP contribution >= 0.6 is 12.2 Å². The first-order chi connectivity index (χ1) is 10.1. The molecule has 3 nitrogen and oxygen atoms in total. The predicted molar refractivity (Wildman–Crippen MR) is 91.3 cm³/mol. The topological polar surface area (TPSA) is 37.8 Å². The molecule has 0 saturated carbocycles. The first-order valence-corrected chi connectivity index (χ1v) is 8.22. The molecule has 0 amide bonds. The van der Waals surface area contributed by atoms with Gasteiger partial charge in [-0.2, -0.15) is 0 Å². The van der Waals surface area contributed by atoms with Crippen LogP contribution < -0.4 is 5.56 Å². The Labute approximate surface area is 131 Å². The van der Waals surface area contributed by atoms with Gasteiger partial charge in [0.15, 0.2) is 4.77 Å². The van der Waals surface area contributed by atoms with Crippen molar-refractivity contribution in [3.8, 4) is 0 Å². The van der Waals surface area contributed by atoms with E-state index in [9.17, 15) is 4.79 Å². The summed E-state index contributed by atoms with van der Waals surface area (Å²) in [4.78, 5) is 15.6. The molecule has 1 aromatic heterocycles. The number of para-hydroxylation sites is 1. The minimum absolute atomic E-state index is 0.0246. The van der Waals surface area contributed by atoms with Crippen LogP contribution in [-0.2, 0) is 6.54 Å². The number of hydrogen-bond donors (Lipinski definition) is 1. The van der Waals surface area contributed by atoms with Gasteiger partial charge in [-0.25, -0.2) is 0 Å². The molecule has 0 unspecified atom stereocenters. The molecule has 0 aliphatic carbocycles. The fourth-order valence-corrected chi connectivity index (χ4v) is 2.86. The summed E-state index contributed by atoms with van der Waals surface area (Å²) in [5.41, 5.74) is 0.845. The lowest BCUT2D eigenvalue weighted by Gasteiger charge is -2.08. The maximum Gasteiger partial charge on any atom is 0.262 e. The van der Waals surface area contributed by atoms with E-state index in [0.717, 1.165) is 24.3 Å². The number of rotatable bonds is 7. The molecule has 1 aromatic carbocycles. The highest BCUT2D eigenvalue weighted by Crippen LogP contribution is 2.10. The van der Waals surface area contributed by atoms with Crippen LogP contribution in [0.4, 0.5) is 0 Å². The van der Waals surface area contributed by atoms with Crippen LogP contribution in [0.3, 0.4) is 0 Å². The van der Waals surface area contributed by atoms with Gasteiger partial charge in [-0.15, -0.1) is 0 Å². The first-order valence-electron chi connectivity index (χ1n) is 7.81. The second-order valence-corrected chi connectivity index (χ2v) is 6.42. The van der Waals surface area contributed by atoms with Gasteiger partial charge in [-0.3, -0.25) is 9.36 Å². The van der Waals surface area contributed by atoms with Gasteiger partial charge in [0.05, 0.1) is 10.9 Å². The summed E-state index contributed by atoms with van der Waals surface area (Å²) < 4.78 is 2.22. The average Bonchev–Trinajstić information content (AvgIpc) is 2.45. The van der Waals surface area contributed by atoms with E-state index in [1.165, 1.54) is 19.3 Å². The van der Waals surface area contributed by atoms with Crippen molar-refractivity contribution in [2.24, 2.45) is 5.92 Å². The lowest BCUT2D eigenvalue weighted by atomic mass is 10.0. The van der Waals surface area contributed by atoms with Crippen molar-refractivity contribution < 1.29 is 0 Å². The average molecular weight is 304 g/mol. The number of fused-ring (bicyclic) bond motifs is 1. The third-order valence-electron chi connectivity index (χ3n) is 3.80. The zero-order valence-electron chi connectivity index (χ0n) is 12.9. The fourth-order valence-electron chi connectivity index (χ4n) is 2.58. The van der Waals surface area contributed by atoms with Gasteiger partial charge in [0, 0.05) is 6.54 Å². The number of nitrogens with one attached hydrogen (secondary N) is 1. The zero-order chi connectivity index (χ0) is 15.2. The normalized spacial score (nSPS) is 11.4. The highest BCUT2D eigenvalue weighted by Gasteiger charge is 2.04. The quantitative estimate of drug-likeness (QED) is 0.596. The summed E-state index contributed by atoms with van der Waals surface area (Å²) >= 11 is 5.31.